The van der Waals surface area contributed by atoms with Crippen LogP contribution in [0.5, 0.6) is 0 Å². The van der Waals surface area contributed by atoms with Crippen molar-refractivity contribution in [3.8, 4) is 0 Å². The van der Waals surface area contributed by atoms with E-state index in [4.69, 9.17) is 4.52 Å². The van der Waals surface area contributed by atoms with Crippen LogP contribution < -0.4 is 5.32 Å². The summed E-state index contributed by atoms with van der Waals surface area (Å²) in [6, 6.07) is 10.5. The standard InChI is InChI=1S/C14H17N3O/c1-15-10-12-16-13(17-18-12)14(8-5-9-14)11-6-3-2-4-7-11/h2-4,6-7,15H,5,8-10H2,1H3. The van der Waals surface area contributed by atoms with Crippen molar-refractivity contribution < 1.29 is 4.52 Å². The molecule has 0 radical (unpaired) electrons. The van der Waals surface area contributed by atoms with Gasteiger partial charge in [-0.1, -0.05) is 41.9 Å². The minimum Gasteiger partial charge on any atom is -0.338 e. The zero-order valence-electron chi connectivity index (χ0n) is 10.5. The first kappa shape index (κ1) is 11.4. The van der Waals surface area contributed by atoms with Crippen LogP contribution in [0, 0.1) is 0 Å². The molecule has 2 aromatic rings. The van der Waals surface area contributed by atoms with Crippen LogP contribution in [0.15, 0.2) is 34.9 Å². The lowest BCUT2D eigenvalue weighted by molar-refractivity contribution is 0.270. The fourth-order valence-corrected chi connectivity index (χ4v) is 2.60. The Labute approximate surface area is 106 Å². The lowest BCUT2D eigenvalue weighted by Crippen LogP contribution is -2.36. The quantitative estimate of drug-likeness (QED) is 0.895. The Kier molecular flexibility index (Phi) is 2.88. The van der Waals surface area contributed by atoms with Gasteiger partial charge in [-0.05, 0) is 25.5 Å². The van der Waals surface area contributed by atoms with Gasteiger partial charge in [0.1, 0.15) is 0 Å². The molecule has 1 fully saturated rings. The topological polar surface area (TPSA) is 51.0 Å². The fraction of sp³-hybridized carbons (Fsp3) is 0.429. The van der Waals surface area contributed by atoms with Crippen molar-refractivity contribution >= 4 is 0 Å². The molecule has 1 aliphatic carbocycles. The van der Waals surface area contributed by atoms with Crippen molar-refractivity contribution in [3.63, 3.8) is 0 Å². The van der Waals surface area contributed by atoms with Gasteiger partial charge in [0, 0.05) is 0 Å². The lowest BCUT2D eigenvalue weighted by atomic mass is 9.64. The number of hydrogen-bond acceptors (Lipinski definition) is 4. The van der Waals surface area contributed by atoms with Crippen LogP contribution in [0.1, 0.15) is 36.5 Å². The summed E-state index contributed by atoms with van der Waals surface area (Å²) in [6.45, 7) is 0.623. The van der Waals surface area contributed by atoms with Gasteiger partial charge < -0.3 is 9.84 Å². The van der Waals surface area contributed by atoms with Crippen LogP contribution in [0.3, 0.4) is 0 Å². The second kappa shape index (κ2) is 4.53. The summed E-state index contributed by atoms with van der Waals surface area (Å²) in [6.07, 6.45) is 3.44. The Hall–Kier alpha value is -1.68. The van der Waals surface area contributed by atoms with Crippen LogP contribution in [-0.4, -0.2) is 17.2 Å². The van der Waals surface area contributed by atoms with Crippen molar-refractivity contribution in [2.75, 3.05) is 7.05 Å². The zero-order chi connectivity index (χ0) is 12.4. The van der Waals surface area contributed by atoms with Gasteiger partial charge in [0.2, 0.25) is 5.89 Å². The lowest BCUT2D eigenvalue weighted by Gasteiger charge is -2.39. The third kappa shape index (κ3) is 1.73. The first-order valence-electron chi connectivity index (χ1n) is 6.38. The summed E-state index contributed by atoms with van der Waals surface area (Å²) in [5, 5.41) is 7.21. The first-order chi connectivity index (χ1) is 8.85. The molecule has 0 aliphatic heterocycles. The summed E-state index contributed by atoms with van der Waals surface area (Å²) in [7, 11) is 1.88. The molecule has 18 heavy (non-hydrogen) atoms. The minimum atomic E-state index is -0.0171. The fourth-order valence-electron chi connectivity index (χ4n) is 2.60. The van der Waals surface area contributed by atoms with Crippen molar-refractivity contribution in [3.05, 3.63) is 47.6 Å². The summed E-state index contributed by atoms with van der Waals surface area (Å²) in [5.41, 5.74) is 1.28. The molecule has 1 N–H and O–H groups in total. The predicted molar refractivity (Wildman–Crippen MR) is 68.1 cm³/mol. The van der Waals surface area contributed by atoms with Crippen molar-refractivity contribution in [1.82, 2.24) is 15.5 Å². The molecule has 0 atom stereocenters. The average Bonchev–Trinajstić information content (AvgIpc) is 2.79. The van der Waals surface area contributed by atoms with Crippen molar-refractivity contribution in [2.24, 2.45) is 0 Å². The van der Waals surface area contributed by atoms with E-state index < -0.39 is 0 Å². The monoisotopic (exact) mass is 243 g/mol. The van der Waals surface area contributed by atoms with Gasteiger partial charge >= 0.3 is 0 Å². The highest BCUT2D eigenvalue weighted by Crippen LogP contribution is 2.47. The van der Waals surface area contributed by atoms with Crippen LogP contribution in [0.25, 0.3) is 0 Å². The van der Waals surface area contributed by atoms with E-state index in [9.17, 15) is 0 Å². The van der Waals surface area contributed by atoms with Crippen molar-refractivity contribution in [1.29, 1.82) is 0 Å². The van der Waals surface area contributed by atoms with E-state index >= 15 is 0 Å². The molecule has 0 spiro atoms. The van der Waals surface area contributed by atoms with E-state index in [1.807, 2.05) is 13.1 Å². The van der Waals surface area contributed by atoms with Gasteiger partial charge in [-0.2, -0.15) is 4.98 Å². The number of rotatable bonds is 4. The Morgan fingerprint density at radius 1 is 1.28 bits per heavy atom. The van der Waals surface area contributed by atoms with E-state index in [2.05, 4.69) is 39.7 Å². The molecule has 1 saturated carbocycles. The average molecular weight is 243 g/mol. The van der Waals surface area contributed by atoms with Gasteiger partial charge in [0.25, 0.3) is 0 Å². The second-order valence-corrected chi connectivity index (χ2v) is 4.84. The molecular weight excluding hydrogens is 226 g/mol. The molecule has 1 aromatic heterocycles. The van der Waals surface area contributed by atoms with E-state index in [0.717, 1.165) is 18.7 Å². The smallest absolute Gasteiger partial charge is 0.240 e. The minimum absolute atomic E-state index is 0.0171. The third-order valence-corrected chi connectivity index (χ3v) is 3.76. The molecule has 0 unspecified atom stereocenters. The van der Waals surface area contributed by atoms with Gasteiger partial charge in [0.15, 0.2) is 5.82 Å². The maximum atomic E-state index is 5.28. The normalized spacial score (nSPS) is 17.4. The number of nitrogens with zero attached hydrogens (tertiary/aromatic N) is 2. The van der Waals surface area contributed by atoms with Gasteiger partial charge in [-0.25, -0.2) is 0 Å². The maximum absolute atomic E-state index is 5.28. The Morgan fingerprint density at radius 3 is 2.67 bits per heavy atom. The van der Waals surface area contributed by atoms with Crippen LogP contribution in [-0.2, 0) is 12.0 Å². The largest absolute Gasteiger partial charge is 0.338 e. The van der Waals surface area contributed by atoms with Crippen molar-refractivity contribution in [2.45, 2.75) is 31.2 Å². The molecule has 1 heterocycles. The number of hydrogen-bond donors (Lipinski definition) is 1. The summed E-state index contributed by atoms with van der Waals surface area (Å²) in [4.78, 5) is 4.53. The second-order valence-electron chi connectivity index (χ2n) is 4.84. The molecule has 4 nitrogen and oxygen atoms in total. The molecule has 94 valence electrons. The molecule has 0 bridgehead atoms. The highest BCUT2D eigenvalue weighted by molar-refractivity contribution is 5.35. The summed E-state index contributed by atoms with van der Waals surface area (Å²) < 4.78 is 5.28. The van der Waals surface area contributed by atoms with Gasteiger partial charge in [0.05, 0.1) is 12.0 Å². The number of benzene rings is 1. The highest BCUT2D eigenvalue weighted by atomic mass is 16.5. The summed E-state index contributed by atoms with van der Waals surface area (Å²) in [5.74, 6) is 1.50. The van der Waals surface area contributed by atoms with E-state index in [0.29, 0.717) is 12.4 Å². The molecule has 4 heteroatoms. The molecule has 0 saturated heterocycles. The first-order valence-corrected chi connectivity index (χ1v) is 6.38. The highest BCUT2D eigenvalue weighted by Gasteiger charge is 2.44. The SMILES string of the molecule is CNCc1nc(C2(c3ccccc3)CCC2)no1. The predicted octanol–water partition coefficient (Wildman–Crippen LogP) is 2.26. The van der Waals surface area contributed by atoms with Gasteiger partial charge in [-0.15, -0.1) is 0 Å². The van der Waals surface area contributed by atoms with Crippen LogP contribution >= 0.6 is 0 Å². The molecule has 1 aliphatic rings. The van der Waals surface area contributed by atoms with Gasteiger partial charge in [-0.3, -0.25) is 0 Å². The number of aromatic nitrogens is 2. The summed E-state index contributed by atoms with van der Waals surface area (Å²) >= 11 is 0. The van der Waals surface area contributed by atoms with Crippen LogP contribution in [0.4, 0.5) is 0 Å². The Balaban J connectivity index is 1.96. The van der Waals surface area contributed by atoms with E-state index in [1.54, 1.807) is 0 Å². The third-order valence-electron chi connectivity index (χ3n) is 3.76. The van der Waals surface area contributed by atoms with E-state index in [-0.39, 0.29) is 5.41 Å². The molecule has 0 amide bonds. The van der Waals surface area contributed by atoms with E-state index in [1.165, 1.54) is 12.0 Å². The molecule has 3 rings (SSSR count). The zero-order valence-corrected chi connectivity index (χ0v) is 10.5. The van der Waals surface area contributed by atoms with Crippen LogP contribution in [0.2, 0.25) is 0 Å². The maximum Gasteiger partial charge on any atom is 0.240 e. The molecule has 1 aromatic carbocycles. The number of nitrogens with one attached hydrogen (secondary N) is 1. The Bertz CT molecular complexity index is 517. The Morgan fingerprint density at radius 2 is 2.06 bits per heavy atom. The molecular formula is C14H17N3O.